The van der Waals surface area contributed by atoms with Crippen LogP contribution in [0, 0.1) is 0 Å². The van der Waals surface area contributed by atoms with Crippen molar-refractivity contribution in [2.24, 2.45) is 10.2 Å². The molecule has 4 rings (SSSR count). The molecular weight excluding hydrogens is 308 g/mol. The fourth-order valence-corrected chi connectivity index (χ4v) is 2.99. The van der Waals surface area contributed by atoms with Crippen LogP contribution in [0.25, 0.3) is 16.2 Å². The van der Waals surface area contributed by atoms with Gasteiger partial charge in [0.15, 0.2) is 5.82 Å². The van der Waals surface area contributed by atoms with E-state index in [1.807, 2.05) is 46.3 Å². The van der Waals surface area contributed by atoms with Crippen LogP contribution in [0.15, 0.2) is 76.4 Å². The van der Waals surface area contributed by atoms with Crippen LogP contribution in [0.4, 0.5) is 11.5 Å². The van der Waals surface area contributed by atoms with Gasteiger partial charge in [-0.3, -0.25) is 4.40 Å². The minimum absolute atomic E-state index is 0.207. The van der Waals surface area contributed by atoms with Crippen LogP contribution in [-0.4, -0.2) is 14.5 Å². The number of nitrogens with zero attached hydrogens (tertiary/aromatic N) is 4. The van der Waals surface area contributed by atoms with Gasteiger partial charge in [0.25, 0.3) is 0 Å². The highest BCUT2D eigenvalue weighted by molar-refractivity contribution is 7.13. The number of rotatable bonds is 3. The minimum atomic E-state index is 0.207. The lowest BCUT2D eigenvalue weighted by Gasteiger charge is -1.97. The summed E-state index contributed by atoms with van der Waals surface area (Å²) in [5.74, 6) is 0.897. The summed E-state index contributed by atoms with van der Waals surface area (Å²) in [6.07, 6.45) is 1.92. The van der Waals surface area contributed by atoms with Crippen LogP contribution in [0.1, 0.15) is 0 Å². The number of imidazole rings is 1. The van der Waals surface area contributed by atoms with Gasteiger partial charge in [-0.15, -0.1) is 21.6 Å². The normalized spacial score (nSPS) is 11.5. The monoisotopic (exact) mass is 320 g/mol. The average Bonchev–Trinajstić information content (AvgIpc) is 3.22. The Morgan fingerprint density at radius 2 is 1.83 bits per heavy atom. The van der Waals surface area contributed by atoms with Crippen molar-refractivity contribution in [3.63, 3.8) is 0 Å². The lowest BCUT2D eigenvalue weighted by atomic mass is 10.3. The Labute approximate surface area is 136 Å². The molecule has 0 bridgehead atoms. The van der Waals surface area contributed by atoms with Gasteiger partial charge < -0.3 is 5.11 Å². The SMILES string of the molecule is Oc1ccc(N=Nc2c(-c3cccs3)nc3ccccn23)cc1. The van der Waals surface area contributed by atoms with Crippen LogP contribution >= 0.6 is 11.3 Å². The number of thiophene rings is 1. The third-order valence-corrected chi connectivity index (χ3v) is 4.25. The summed E-state index contributed by atoms with van der Waals surface area (Å²) >= 11 is 1.62. The third kappa shape index (κ3) is 2.60. The van der Waals surface area contributed by atoms with Gasteiger partial charge in [0.2, 0.25) is 0 Å². The van der Waals surface area contributed by atoms with E-state index in [4.69, 9.17) is 0 Å². The highest BCUT2D eigenvalue weighted by atomic mass is 32.1. The van der Waals surface area contributed by atoms with Gasteiger partial charge in [-0.05, 0) is 47.8 Å². The van der Waals surface area contributed by atoms with E-state index >= 15 is 0 Å². The predicted molar refractivity (Wildman–Crippen MR) is 90.8 cm³/mol. The molecule has 1 N–H and O–H groups in total. The highest BCUT2D eigenvalue weighted by Crippen LogP contribution is 2.34. The van der Waals surface area contributed by atoms with Crippen molar-refractivity contribution in [1.29, 1.82) is 0 Å². The molecule has 0 aliphatic carbocycles. The summed E-state index contributed by atoms with van der Waals surface area (Å²) in [7, 11) is 0. The molecule has 0 saturated heterocycles. The summed E-state index contributed by atoms with van der Waals surface area (Å²) in [5.41, 5.74) is 2.31. The second kappa shape index (κ2) is 5.66. The van der Waals surface area contributed by atoms with E-state index in [0.717, 1.165) is 16.2 Å². The van der Waals surface area contributed by atoms with Crippen molar-refractivity contribution in [3.8, 4) is 16.3 Å². The fourth-order valence-electron chi connectivity index (χ4n) is 2.28. The highest BCUT2D eigenvalue weighted by Gasteiger charge is 2.14. The van der Waals surface area contributed by atoms with E-state index in [1.165, 1.54) is 0 Å². The third-order valence-electron chi connectivity index (χ3n) is 3.37. The molecule has 0 radical (unpaired) electrons. The molecule has 0 saturated carbocycles. The molecule has 0 spiro atoms. The van der Waals surface area contributed by atoms with Crippen LogP contribution in [0.2, 0.25) is 0 Å². The molecule has 0 atom stereocenters. The first kappa shape index (κ1) is 13.7. The Hall–Kier alpha value is -2.99. The molecule has 0 aliphatic rings. The molecule has 3 heterocycles. The predicted octanol–water partition coefficient (Wildman–Crippen LogP) is 5.18. The Morgan fingerprint density at radius 1 is 0.957 bits per heavy atom. The van der Waals surface area contributed by atoms with Gasteiger partial charge in [-0.1, -0.05) is 12.1 Å². The maximum atomic E-state index is 9.33. The van der Waals surface area contributed by atoms with E-state index in [1.54, 1.807) is 35.6 Å². The zero-order valence-electron chi connectivity index (χ0n) is 12.0. The van der Waals surface area contributed by atoms with E-state index in [9.17, 15) is 5.11 Å². The second-order valence-electron chi connectivity index (χ2n) is 4.91. The van der Waals surface area contributed by atoms with Crippen molar-refractivity contribution in [2.75, 3.05) is 0 Å². The Kier molecular flexibility index (Phi) is 3.36. The number of phenols is 1. The molecule has 6 heteroatoms. The molecule has 23 heavy (non-hydrogen) atoms. The fraction of sp³-hybridized carbons (Fsp3) is 0. The second-order valence-corrected chi connectivity index (χ2v) is 5.85. The van der Waals surface area contributed by atoms with Gasteiger partial charge in [0.1, 0.15) is 17.1 Å². The lowest BCUT2D eigenvalue weighted by Crippen LogP contribution is -1.80. The first-order chi connectivity index (χ1) is 11.3. The smallest absolute Gasteiger partial charge is 0.188 e. The molecule has 0 amide bonds. The quantitative estimate of drug-likeness (QED) is 0.528. The molecule has 3 aromatic heterocycles. The Bertz CT molecular complexity index is 972. The molecule has 0 aliphatic heterocycles. The van der Waals surface area contributed by atoms with Gasteiger partial charge in [-0.25, -0.2) is 4.98 Å². The van der Waals surface area contributed by atoms with Crippen molar-refractivity contribution in [2.45, 2.75) is 0 Å². The van der Waals surface area contributed by atoms with E-state index in [-0.39, 0.29) is 5.75 Å². The van der Waals surface area contributed by atoms with Crippen LogP contribution in [-0.2, 0) is 0 Å². The van der Waals surface area contributed by atoms with Crippen LogP contribution in [0.3, 0.4) is 0 Å². The summed E-state index contributed by atoms with van der Waals surface area (Å²) in [6, 6.07) is 16.4. The summed E-state index contributed by atoms with van der Waals surface area (Å²) < 4.78 is 1.92. The average molecular weight is 320 g/mol. The minimum Gasteiger partial charge on any atom is -0.508 e. The van der Waals surface area contributed by atoms with Gasteiger partial charge >= 0.3 is 0 Å². The standard InChI is InChI=1S/C17H12N4OS/c22-13-8-6-12(7-9-13)19-20-17-16(14-4-3-11-23-14)18-15-5-1-2-10-21(15)17/h1-11,22H. The zero-order chi connectivity index (χ0) is 15.6. The molecule has 112 valence electrons. The molecule has 4 aromatic rings. The number of hydrogen-bond donors (Lipinski definition) is 1. The number of pyridine rings is 1. The van der Waals surface area contributed by atoms with Crippen molar-refractivity contribution in [3.05, 3.63) is 66.2 Å². The number of aromatic hydroxyl groups is 1. The first-order valence-electron chi connectivity index (χ1n) is 7.03. The van der Waals surface area contributed by atoms with Crippen LogP contribution in [0.5, 0.6) is 5.75 Å². The van der Waals surface area contributed by atoms with E-state index in [0.29, 0.717) is 11.5 Å². The maximum Gasteiger partial charge on any atom is 0.188 e. The Morgan fingerprint density at radius 3 is 2.61 bits per heavy atom. The first-order valence-corrected chi connectivity index (χ1v) is 7.91. The number of benzene rings is 1. The number of aromatic nitrogens is 2. The van der Waals surface area contributed by atoms with E-state index in [2.05, 4.69) is 15.2 Å². The number of azo groups is 1. The number of fused-ring (bicyclic) bond motifs is 1. The molecule has 0 unspecified atom stereocenters. The van der Waals surface area contributed by atoms with E-state index < -0.39 is 0 Å². The van der Waals surface area contributed by atoms with Crippen molar-refractivity contribution < 1.29 is 5.11 Å². The summed E-state index contributed by atoms with van der Waals surface area (Å²) in [5, 5.41) is 20.0. The summed E-state index contributed by atoms with van der Waals surface area (Å²) in [6.45, 7) is 0. The molecule has 5 nitrogen and oxygen atoms in total. The van der Waals surface area contributed by atoms with Crippen LogP contribution < -0.4 is 0 Å². The molecule has 0 fully saturated rings. The van der Waals surface area contributed by atoms with Crippen molar-refractivity contribution >= 4 is 28.5 Å². The zero-order valence-corrected chi connectivity index (χ0v) is 12.8. The van der Waals surface area contributed by atoms with Crippen molar-refractivity contribution in [1.82, 2.24) is 9.38 Å². The lowest BCUT2D eigenvalue weighted by molar-refractivity contribution is 0.475. The summed E-state index contributed by atoms with van der Waals surface area (Å²) in [4.78, 5) is 5.71. The Balaban J connectivity index is 1.84. The number of hydrogen-bond acceptors (Lipinski definition) is 5. The van der Waals surface area contributed by atoms with Gasteiger partial charge in [-0.2, -0.15) is 0 Å². The van der Waals surface area contributed by atoms with Gasteiger partial charge in [0.05, 0.1) is 10.6 Å². The number of phenolic OH excluding ortho intramolecular Hbond substituents is 1. The maximum absolute atomic E-state index is 9.33. The largest absolute Gasteiger partial charge is 0.508 e. The molecular formula is C17H12N4OS. The topological polar surface area (TPSA) is 62.2 Å². The molecule has 1 aromatic carbocycles. The van der Waals surface area contributed by atoms with Gasteiger partial charge in [0, 0.05) is 6.20 Å².